The number of Topliss-reactive ketones (excluding diaryl/α,β-unsaturated/α-hetero) is 1. The maximum absolute atomic E-state index is 16.7. The zero-order valence-corrected chi connectivity index (χ0v) is 44.7. The van der Waals surface area contributed by atoms with E-state index in [9.17, 15) is 31.2 Å². The number of ketones is 1. The number of halogens is 2. The van der Waals surface area contributed by atoms with Crippen molar-refractivity contribution in [1.29, 1.82) is 10.8 Å². The fraction of sp³-hybridized carbons (Fsp3) is 0.526. The maximum atomic E-state index is 16.7. The van der Waals surface area contributed by atoms with Gasteiger partial charge >= 0.3 is 0 Å². The number of aliphatic hydroxyl groups is 2. The van der Waals surface area contributed by atoms with Crippen molar-refractivity contribution in [3.63, 3.8) is 0 Å². The third kappa shape index (κ3) is 12.3. The highest BCUT2D eigenvalue weighted by Gasteiger charge is 2.41. The summed E-state index contributed by atoms with van der Waals surface area (Å²) in [5, 5.41) is 61.8. The molecule has 0 aliphatic carbocycles. The van der Waals surface area contributed by atoms with Gasteiger partial charge < -0.3 is 58.6 Å². The molecule has 4 aromatic rings. The molecule has 0 radical (unpaired) electrons. The van der Waals surface area contributed by atoms with Gasteiger partial charge in [-0.05, 0) is 111 Å². The molecule has 2 aliphatic heterocycles. The summed E-state index contributed by atoms with van der Waals surface area (Å²) in [5.74, 6) is -4.53. The molecule has 404 valence electrons. The van der Waals surface area contributed by atoms with Gasteiger partial charge in [-0.1, -0.05) is 53.7 Å². The molecule has 74 heavy (non-hydrogen) atoms. The SMILES string of the molecule is CCOc1cc2c(c(F)c1OCC)C(=N)N(CC(C(=O)C(CN1Cc3cc(OCC)c(OCC)c(F)c3C1=N)c1cc(OCCCCO)c(O)c(C(C)(C)C)c1)c1cc(OCCCCO)c(O)c(C(C)(C)C)c1)C2. The Balaban J connectivity index is 1.59. The van der Waals surface area contributed by atoms with Crippen LogP contribution in [0.2, 0.25) is 0 Å². The van der Waals surface area contributed by atoms with E-state index in [0.29, 0.717) is 59.1 Å². The molecule has 0 saturated heterocycles. The van der Waals surface area contributed by atoms with Crippen molar-refractivity contribution in [1.82, 2.24) is 9.80 Å². The molecule has 15 nitrogen and oxygen atoms in total. The van der Waals surface area contributed by atoms with Crippen molar-refractivity contribution in [3.8, 4) is 46.0 Å². The summed E-state index contributed by atoms with van der Waals surface area (Å²) in [5.41, 5.74) is 1.31. The van der Waals surface area contributed by atoms with Gasteiger partial charge in [0.05, 0.1) is 62.6 Å². The monoisotopic (exact) mass is 1030 g/mol. The molecule has 0 fully saturated rings. The molecule has 6 rings (SSSR count). The number of nitrogens with zero attached hydrogens (tertiary/aromatic N) is 2. The average molecular weight is 1030 g/mol. The second kappa shape index (κ2) is 24.3. The summed E-state index contributed by atoms with van der Waals surface area (Å²) in [7, 11) is 0. The number of carbonyl (C=O) groups excluding carboxylic acids is 1. The lowest BCUT2D eigenvalue weighted by atomic mass is 9.78. The number of phenolic OH excluding ortho intramolecular Hbond substituents is 2. The molecular formula is C57H76F2N4O11. The Morgan fingerprint density at radius 1 is 0.568 bits per heavy atom. The number of ether oxygens (including phenoxy) is 6. The van der Waals surface area contributed by atoms with Crippen molar-refractivity contribution in [3.05, 3.63) is 92.5 Å². The van der Waals surface area contributed by atoms with Gasteiger partial charge in [-0.15, -0.1) is 0 Å². The zero-order valence-electron chi connectivity index (χ0n) is 44.7. The van der Waals surface area contributed by atoms with Gasteiger partial charge in [-0.3, -0.25) is 15.6 Å². The van der Waals surface area contributed by atoms with Crippen LogP contribution in [0.1, 0.15) is 151 Å². The molecule has 2 unspecified atom stereocenters. The van der Waals surface area contributed by atoms with Crippen molar-refractivity contribution < 1.29 is 62.4 Å². The van der Waals surface area contributed by atoms with E-state index in [2.05, 4.69) is 0 Å². The number of unbranched alkanes of at least 4 members (excludes halogenated alkanes) is 2. The molecule has 0 aromatic heterocycles. The second-order valence-corrected chi connectivity index (χ2v) is 20.7. The van der Waals surface area contributed by atoms with E-state index >= 15 is 13.6 Å². The third-order valence-corrected chi connectivity index (χ3v) is 13.3. The quantitative estimate of drug-likeness (QED) is 0.0324. The normalized spacial score (nSPS) is 14.2. The Kier molecular flexibility index (Phi) is 18.7. The lowest BCUT2D eigenvalue weighted by Crippen LogP contribution is -2.38. The minimum Gasteiger partial charge on any atom is -0.504 e. The van der Waals surface area contributed by atoms with Gasteiger partial charge in [0.25, 0.3) is 0 Å². The molecule has 17 heteroatoms. The van der Waals surface area contributed by atoms with Crippen LogP contribution in [0.15, 0.2) is 36.4 Å². The number of aliphatic hydroxyl groups excluding tert-OH is 2. The molecule has 0 bridgehead atoms. The van der Waals surface area contributed by atoms with Crippen molar-refractivity contribution in [2.75, 3.05) is 65.9 Å². The summed E-state index contributed by atoms with van der Waals surface area (Å²) in [6.07, 6.45) is 1.86. The van der Waals surface area contributed by atoms with Crippen LogP contribution in [0.5, 0.6) is 46.0 Å². The number of nitrogens with one attached hydrogen (secondary N) is 2. The molecule has 0 spiro atoms. The van der Waals surface area contributed by atoms with Crippen LogP contribution < -0.4 is 28.4 Å². The Bertz CT molecular complexity index is 2500. The predicted molar refractivity (Wildman–Crippen MR) is 280 cm³/mol. The van der Waals surface area contributed by atoms with Crippen LogP contribution in [0.4, 0.5) is 8.78 Å². The Morgan fingerprint density at radius 2 is 0.932 bits per heavy atom. The highest BCUT2D eigenvalue weighted by Crippen LogP contribution is 2.47. The number of hydrogen-bond donors (Lipinski definition) is 6. The first-order valence-electron chi connectivity index (χ1n) is 25.8. The summed E-state index contributed by atoms with van der Waals surface area (Å²) in [6, 6.07) is 10.0. The summed E-state index contributed by atoms with van der Waals surface area (Å²) in [6.45, 7) is 19.1. The van der Waals surface area contributed by atoms with Gasteiger partial charge in [-0.25, -0.2) is 8.78 Å². The van der Waals surface area contributed by atoms with Crippen LogP contribution in [0, 0.1) is 22.5 Å². The average Bonchev–Trinajstić information content (AvgIpc) is 3.83. The van der Waals surface area contributed by atoms with Gasteiger partial charge in [0.15, 0.2) is 63.4 Å². The van der Waals surface area contributed by atoms with Crippen LogP contribution in [-0.2, 0) is 28.7 Å². The number of aromatic hydroxyl groups is 2. The minimum absolute atomic E-state index is 0.00753. The summed E-state index contributed by atoms with van der Waals surface area (Å²) >= 11 is 0. The van der Waals surface area contributed by atoms with Crippen molar-refractivity contribution in [2.45, 2.75) is 131 Å². The van der Waals surface area contributed by atoms with Crippen LogP contribution in [0.25, 0.3) is 0 Å². The van der Waals surface area contributed by atoms with Crippen LogP contribution >= 0.6 is 0 Å². The smallest absolute Gasteiger partial charge is 0.197 e. The van der Waals surface area contributed by atoms with E-state index in [-0.39, 0.29) is 148 Å². The third-order valence-electron chi connectivity index (χ3n) is 13.3. The Hall–Kier alpha value is -6.33. The minimum atomic E-state index is -1.16. The molecule has 4 aromatic carbocycles. The fourth-order valence-corrected chi connectivity index (χ4v) is 9.58. The van der Waals surface area contributed by atoms with Crippen molar-refractivity contribution >= 4 is 17.5 Å². The second-order valence-electron chi connectivity index (χ2n) is 20.7. The van der Waals surface area contributed by atoms with Crippen LogP contribution in [0.3, 0.4) is 0 Å². The molecule has 0 saturated carbocycles. The topological polar surface area (TPSA) is 208 Å². The molecule has 2 atom stereocenters. The maximum Gasteiger partial charge on any atom is 0.197 e. The lowest BCUT2D eigenvalue weighted by molar-refractivity contribution is -0.122. The van der Waals surface area contributed by atoms with Crippen molar-refractivity contribution in [2.24, 2.45) is 0 Å². The molecular weight excluding hydrogens is 955 g/mol. The first-order chi connectivity index (χ1) is 35.1. The predicted octanol–water partition coefficient (Wildman–Crippen LogP) is 9.99. The summed E-state index contributed by atoms with van der Waals surface area (Å²) < 4.78 is 68.8. The highest BCUT2D eigenvalue weighted by molar-refractivity contribution is 6.03. The Labute approximate surface area is 434 Å². The number of amidine groups is 2. The highest BCUT2D eigenvalue weighted by atomic mass is 19.1. The summed E-state index contributed by atoms with van der Waals surface area (Å²) in [4.78, 5) is 19.7. The Morgan fingerprint density at radius 3 is 1.26 bits per heavy atom. The van der Waals surface area contributed by atoms with Gasteiger partial charge in [0, 0.05) is 50.5 Å². The van der Waals surface area contributed by atoms with Gasteiger partial charge in [0.2, 0.25) is 0 Å². The fourth-order valence-electron chi connectivity index (χ4n) is 9.58. The first-order valence-corrected chi connectivity index (χ1v) is 25.8. The molecule has 2 aliphatic rings. The number of phenols is 2. The number of fused-ring (bicyclic) bond motifs is 2. The molecule has 6 N–H and O–H groups in total. The van der Waals surface area contributed by atoms with Crippen LogP contribution in [-0.4, -0.2) is 114 Å². The first kappa shape index (κ1) is 57.0. The van der Waals surface area contributed by atoms with E-state index in [1.54, 1.807) is 73.9 Å². The number of rotatable bonds is 26. The molecule has 0 amide bonds. The van der Waals surface area contributed by atoms with E-state index in [0.717, 1.165) is 0 Å². The van der Waals surface area contributed by atoms with E-state index in [1.165, 1.54) is 0 Å². The van der Waals surface area contributed by atoms with Gasteiger partial charge in [0.1, 0.15) is 11.7 Å². The lowest BCUT2D eigenvalue weighted by Gasteiger charge is -2.33. The number of benzene rings is 4. The van der Waals surface area contributed by atoms with E-state index in [4.69, 9.17) is 28.4 Å². The molecule has 2 heterocycles. The largest absolute Gasteiger partial charge is 0.504 e. The number of hydrogen-bond acceptors (Lipinski definition) is 13. The standard InChI is InChI=1S/C57H76F2N4O11/c1-11-69-43-27-35-29-62(54(60)45(35)47(58)52(43)71-13-3)31-37(33-23-39(56(5,6)7)50(67)41(25-33)73-21-17-15-19-64)49(66)38(34-24-40(57(8,9)10)51(68)42(26-34)74-22-18-16-20-65)32-63-30-36-28-44(70-12-2)53(72-14-4)48(59)46(36)55(63)61/h23-28,37-38,60-61,64-65,67-68H,11-22,29-32H2,1-10H3. The zero-order chi connectivity index (χ0) is 54.2. The van der Waals surface area contributed by atoms with E-state index in [1.807, 2.05) is 41.5 Å². The van der Waals surface area contributed by atoms with Gasteiger partial charge in [-0.2, -0.15) is 0 Å². The number of carbonyl (C=O) groups is 1. The van der Waals surface area contributed by atoms with E-state index < -0.39 is 40.1 Å².